The summed E-state index contributed by atoms with van der Waals surface area (Å²) in [5.74, 6) is 2.27. The second kappa shape index (κ2) is 27.1. The molecular weight excluding hydrogens is 1100 g/mol. The third kappa shape index (κ3) is 16.4. The summed E-state index contributed by atoms with van der Waals surface area (Å²) in [6.07, 6.45) is 17.4. The minimum atomic E-state index is 0.00664. The Morgan fingerprint density at radius 1 is 0.506 bits per heavy atom. The van der Waals surface area contributed by atoms with E-state index < -0.39 is 0 Å². The molecule has 79 heavy (non-hydrogen) atoms. The van der Waals surface area contributed by atoms with Gasteiger partial charge < -0.3 is 10.2 Å². The number of pyridine rings is 4. The van der Waals surface area contributed by atoms with Crippen molar-refractivity contribution in [3.8, 4) is 0 Å². The molecule has 10 heterocycles. The first-order valence-corrected chi connectivity index (χ1v) is 29.3. The molecule has 2 saturated carbocycles. The van der Waals surface area contributed by atoms with Crippen LogP contribution in [0.1, 0.15) is 151 Å². The van der Waals surface area contributed by atoms with Crippen LogP contribution in [-0.2, 0) is 48.1 Å². The summed E-state index contributed by atoms with van der Waals surface area (Å²) in [6, 6.07) is 27.3. The lowest BCUT2D eigenvalue weighted by molar-refractivity contribution is -0.118. The molecule has 0 aromatic carbocycles. The van der Waals surface area contributed by atoms with Gasteiger partial charge >= 0.3 is 0 Å². The molecule has 8 aromatic rings. The Labute approximate surface area is 474 Å². The lowest BCUT2D eigenvalue weighted by Gasteiger charge is -2.13. The molecule has 18 nitrogen and oxygen atoms in total. The van der Waals surface area contributed by atoms with Crippen LogP contribution in [0.2, 0.25) is 0 Å². The van der Waals surface area contributed by atoms with Crippen molar-refractivity contribution in [2.24, 2.45) is 0 Å². The van der Waals surface area contributed by atoms with Crippen molar-refractivity contribution in [3.63, 3.8) is 0 Å². The lowest BCUT2D eigenvalue weighted by Crippen LogP contribution is -2.19. The monoisotopic (exact) mass is 1160 g/mol. The van der Waals surface area contributed by atoms with Crippen LogP contribution in [0.3, 0.4) is 0 Å². The van der Waals surface area contributed by atoms with Crippen LogP contribution in [0, 0.1) is 0 Å². The Kier molecular flexibility index (Phi) is 18.9. The van der Waals surface area contributed by atoms with E-state index in [4.69, 9.17) is 0 Å². The first-order valence-electron chi connectivity index (χ1n) is 26.9. The van der Waals surface area contributed by atoms with E-state index >= 15 is 0 Å². The van der Waals surface area contributed by atoms with Gasteiger partial charge in [-0.3, -0.25) is 39.1 Å². The number of nitrogens with one attached hydrogen (secondary N) is 1. The summed E-state index contributed by atoms with van der Waals surface area (Å²) >= 11 is 5.84. The molecule has 0 radical (unpaired) electrons. The third-order valence-electron chi connectivity index (χ3n) is 14.1. The average Bonchev–Trinajstić information content (AvgIpc) is 4.27. The number of nitrogens with zero attached hydrogens (tertiary/aromatic N) is 13. The van der Waals surface area contributed by atoms with Crippen molar-refractivity contribution in [3.05, 3.63) is 180 Å². The summed E-state index contributed by atoms with van der Waals surface area (Å²) in [5.41, 5.74) is 9.51. The largest absolute Gasteiger partial charge is 0.346 e. The maximum Gasteiger partial charge on any atom is 0.208 e. The van der Waals surface area contributed by atoms with Gasteiger partial charge in [-0.05, 0) is 170 Å². The fourth-order valence-electron chi connectivity index (χ4n) is 9.46. The molecule has 12 rings (SSSR count). The smallest absolute Gasteiger partial charge is 0.208 e. The van der Waals surface area contributed by atoms with E-state index in [1.807, 2.05) is 73.1 Å². The molecule has 2 aliphatic carbocycles. The minimum Gasteiger partial charge on any atom is -0.346 e. The van der Waals surface area contributed by atoms with E-state index in [-0.39, 0.29) is 35.5 Å². The van der Waals surface area contributed by atoms with Gasteiger partial charge in [-0.1, -0.05) is 34.8 Å². The van der Waals surface area contributed by atoms with Crippen molar-refractivity contribution < 1.29 is 19.2 Å². The van der Waals surface area contributed by atoms with Gasteiger partial charge in [0.15, 0.2) is 25.5 Å². The second-order valence-electron chi connectivity index (χ2n) is 20.3. The molecule has 4 fully saturated rings. The van der Waals surface area contributed by atoms with Gasteiger partial charge in [0.1, 0.15) is 11.6 Å². The van der Waals surface area contributed by atoms with E-state index in [2.05, 4.69) is 111 Å². The van der Waals surface area contributed by atoms with Crippen LogP contribution in [-0.4, -0.2) is 110 Å². The van der Waals surface area contributed by atoms with E-state index in [0.29, 0.717) is 76.4 Å². The van der Waals surface area contributed by atoms with Crippen molar-refractivity contribution >= 4 is 66.9 Å². The maximum atomic E-state index is 12.8. The van der Waals surface area contributed by atoms with Gasteiger partial charge in [0.2, 0.25) is 5.13 Å². The molecule has 8 aromatic heterocycles. The van der Waals surface area contributed by atoms with E-state index in [1.165, 1.54) is 59.5 Å². The maximum absolute atomic E-state index is 12.8. The second-order valence-corrected chi connectivity index (χ2v) is 23.5. The van der Waals surface area contributed by atoms with Gasteiger partial charge in [0, 0.05) is 105 Å². The quantitative estimate of drug-likeness (QED) is 0.0661. The number of aromatic nitrogens is 12. The molecule has 4 aliphatic rings. The summed E-state index contributed by atoms with van der Waals surface area (Å²) in [5, 5.41) is 38.3. The summed E-state index contributed by atoms with van der Waals surface area (Å²) in [6.45, 7) is 3.56. The Hall–Kier alpha value is -7.20. The van der Waals surface area contributed by atoms with Gasteiger partial charge in [0.05, 0.1) is 35.6 Å². The fourth-order valence-corrected chi connectivity index (χ4v) is 11.4. The Morgan fingerprint density at radius 3 is 1.52 bits per heavy atom. The van der Waals surface area contributed by atoms with Crippen LogP contribution in [0.15, 0.2) is 114 Å². The highest BCUT2D eigenvalue weighted by molar-refractivity contribution is 9.11. The normalized spacial score (nSPS) is 16.6. The van der Waals surface area contributed by atoms with Crippen molar-refractivity contribution in [2.75, 3.05) is 31.1 Å². The minimum absolute atomic E-state index is 0.00664. The van der Waals surface area contributed by atoms with Crippen LogP contribution in [0.4, 0.5) is 5.13 Å². The van der Waals surface area contributed by atoms with Gasteiger partial charge in [-0.15, -0.1) is 20.4 Å². The number of rotatable bonds is 21. The average molecular weight is 1160 g/mol. The predicted octanol–water partition coefficient (Wildman–Crippen LogP) is 8.85. The zero-order chi connectivity index (χ0) is 54.3. The zero-order valence-electron chi connectivity index (χ0n) is 43.6. The number of Topliss-reactive ketones (excluding diaryl/α,β-unsaturated/α-hetero) is 4. The van der Waals surface area contributed by atoms with Crippen LogP contribution >= 0.6 is 38.6 Å². The van der Waals surface area contributed by atoms with Crippen molar-refractivity contribution in [1.82, 2.24) is 66.0 Å². The topological polar surface area (TPSA) is 238 Å². The number of halogens is 1. The predicted molar refractivity (Wildman–Crippen MR) is 302 cm³/mol. The number of carbonyl (C=O) groups excluding carboxylic acids is 4. The molecule has 0 bridgehead atoms. The molecule has 0 amide bonds. The highest BCUT2D eigenvalue weighted by atomic mass is 79.9. The van der Waals surface area contributed by atoms with Crippen LogP contribution < -0.4 is 10.2 Å². The number of aryl methyl sites for hydroxylation is 2. The number of hydrogen-bond acceptors (Lipinski definition) is 20. The van der Waals surface area contributed by atoms with E-state index in [1.54, 1.807) is 12.4 Å². The SMILES string of the molecule is O=C(CCc1cc(C2CC2)ccn1)c1nnc(Br)s1.O=C(Cc1ccccn1)Cc1ccc([C@@H]2CCN(c3nnc(C(=O)CCc4cc(C5CC5)ccn4)s3)C2)nn1.O=C(Cc1ccccn1)Cc1ccc([C@@H]2CCNC2)nn1. The molecule has 1 N–H and O–H groups in total. The van der Waals surface area contributed by atoms with Crippen LogP contribution in [0.5, 0.6) is 0 Å². The highest BCUT2D eigenvalue weighted by Crippen LogP contribution is 2.41. The molecule has 0 spiro atoms. The molecular formula is C58H59BrN14O4S2. The van der Waals surface area contributed by atoms with Crippen molar-refractivity contribution in [1.29, 1.82) is 0 Å². The number of carbonyl (C=O) groups is 4. The first kappa shape index (κ1) is 55.1. The Balaban J connectivity index is 0.000000148. The van der Waals surface area contributed by atoms with Gasteiger partial charge in [-0.2, -0.15) is 20.4 Å². The molecule has 2 saturated heterocycles. The van der Waals surface area contributed by atoms with E-state index in [9.17, 15) is 19.2 Å². The third-order valence-corrected chi connectivity index (χ3v) is 16.5. The molecule has 21 heteroatoms. The number of ketones is 4. The molecule has 404 valence electrons. The first-order chi connectivity index (χ1) is 38.6. The van der Waals surface area contributed by atoms with E-state index in [0.717, 1.165) is 89.9 Å². The van der Waals surface area contributed by atoms with Gasteiger partial charge in [0.25, 0.3) is 0 Å². The van der Waals surface area contributed by atoms with Gasteiger partial charge in [-0.25, -0.2) is 0 Å². The van der Waals surface area contributed by atoms with Crippen molar-refractivity contribution in [2.45, 2.75) is 114 Å². The Morgan fingerprint density at radius 2 is 1.04 bits per heavy atom. The number of anilines is 1. The van der Waals surface area contributed by atoms with Crippen LogP contribution in [0.25, 0.3) is 0 Å². The zero-order valence-corrected chi connectivity index (χ0v) is 46.8. The summed E-state index contributed by atoms with van der Waals surface area (Å²) < 4.78 is 0.643. The molecule has 2 aliphatic heterocycles. The fraction of sp³-hybridized carbons (Fsp3) is 0.379. The molecule has 0 unspecified atom stereocenters. The lowest BCUT2D eigenvalue weighted by atomic mass is 10.0. The summed E-state index contributed by atoms with van der Waals surface area (Å²) in [4.78, 5) is 68.4. The number of hydrogen-bond donors (Lipinski definition) is 1. The highest BCUT2D eigenvalue weighted by Gasteiger charge is 2.29. The molecule has 2 atom stereocenters. The standard InChI is InChI=1S/C29H29N7O2S.C16H18N4O.C13H12BrN3OS/c37-25(16-22-3-1-2-12-30-22)17-24-6-8-26(33-32-24)21-11-14-36(18-21)29-35-34-28(39-29)27(38)9-7-23-15-20(10-13-31-23)19-4-5-19;21-15(9-13-3-1-2-7-18-13)10-14-4-5-16(20-19-14)12-6-8-17-11-12;14-13-17-16-12(19-13)11(18)4-3-10-7-9(5-6-15-10)8-1-2-8/h1-3,6,8,10,12-13,15,19,21H,4-5,7,9,11,14,16-18H2;1-5,7,12,17H,6,8-11H2;5-8H,1-4H2/t21-;12-;/m11./s1. The summed E-state index contributed by atoms with van der Waals surface area (Å²) in [7, 11) is 0. The Bertz CT molecular complexity index is 3320.